The first kappa shape index (κ1) is 15.8. The molecule has 7 heteroatoms. The number of ether oxygens (including phenoxy) is 2. The minimum absolute atomic E-state index is 0.0953. The first-order valence-electron chi connectivity index (χ1n) is 6.96. The zero-order valence-electron chi connectivity index (χ0n) is 12.3. The Balaban J connectivity index is 1.91. The second kappa shape index (κ2) is 7.46. The summed E-state index contributed by atoms with van der Waals surface area (Å²) in [6.07, 6.45) is 0.524. The van der Waals surface area contributed by atoms with Crippen LogP contribution in [0, 0.1) is 0 Å². The molecule has 118 valence electrons. The molecule has 22 heavy (non-hydrogen) atoms. The van der Waals surface area contributed by atoms with E-state index in [0.717, 1.165) is 0 Å². The fourth-order valence-electron chi connectivity index (χ4n) is 1.87. The van der Waals surface area contributed by atoms with E-state index in [0.29, 0.717) is 5.75 Å². The number of hydrogen-bond donors (Lipinski definition) is 2. The number of rotatable bonds is 7. The Morgan fingerprint density at radius 3 is 2.82 bits per heavy atom. The number of nitrogens with zero attached hydrogens (tertiary/aromatic N) is 2. The summed E-state index contributed by atoms with van der Waals surface area (Å²) in [5, 5.41) is 14.0. The summed E-state index contributed by atoms with van der Waals surface area (Å²) in [5.74, 6) is 0.306. The van der Waals surface area contributed by atoms with Crippen molar-refractivity contribution in [3.05, 3.63) is 42.1 Å². The van der Waals surface area contributed by atoms with E-state index in [1.54, 1.807) is 19.1 Å². The topological polar surface area (TPSA) is 99.6 Å². The molecule has 0 fully saturated rings. The molecule has 1 atom stereocenters. The van der Waals surface area contributed by atoms with Gasteiger partial charge in [0, 0.05) is 0 Å². The van der Waals surface area contributed by atoms with Crippen molar-refractivity contribution in [3.8, 4) is 5.75 Å². The number of aliphatic hydroxyl groups is 1. The van der Waals surface area contributed by atoms with Gasteiger partial charge in [-0.1, -0.05) is 18.2 Å². The maximum atomic E-state index is 11.6. The molecule has 0 aliphatic heterocycles. The van der Waals surface area contributed by atoms with Crippen LogP contribution in [0.3, 0.4) is 0 Å². The average molecular weight is 305 g/mol. The molecule has 2 aromatic rings. The van der Waals surface area contributed by atoms with Crippen LogP contribution in [0.15, 0.2) is 36.5 Å². The summed E-state index contributed by atoms with van der Waals surface area (Å²) in [6, 6.07) is 9.17. The lowest BCUT2D eigenvalue weighted by molar-refractivity contribution is 0.0527. The molecule has 0 amide bonds. The van der Waals surface area contributed by atoms with E-state index >= 15 is 0 Å². The van der Waals surface area contributed by atoms with Crippen molar-refractivity contribution in [2.24, 2.45) is 0 Å². The monoisotopic (exact) mass is 305 g/mol. The van der Waals surface area contributed by atoms with Gasteiger partial charge in [-0.3, -0.25) is 0 Å². The molecule has 0 spiro atoms. The minimum atomic E-state index is -0.808. The normalized spacial score (nSPS) is 11.9. The third-order valence-corrected chi connectivity index (χ3v) is 2.94. The largest absolute Gasteiger partial charge is 0.491 e. The highest BCUT2D eigenvalue weighted by atomic mass is 16.5. The first-order chi connectivity index (χ1) is 10.6. The Bertz CT molecular complexity index is 613. The number of nitrogen functional groups attached to an aromatic ring is 1. The summed E-state index contributed by atoms with van der Waals surface area (Å²) in [4.78, 5) is 11.6. The quantitative estimate of drug-likeness (QED) is 0.743. The highest BCUT2D eigenvalue weighted by Crippen LogP contribution is 2.14. The van der Waals surface area contributed by atoms with Gasteiger partial charge in [0.1, 0.15) is 29.8 Å². The van der Waals surface area contributed by atoms with Crippen molar-refractivity contribution < 1.29 is 19.4 Å². The van der Waals surface area contributed by atoms with E-state index in [4.69, 9.17) is 15.2 Å². The second-order valence-electron chi connectivity index (χ2n) is 4.62. The Kier molecular flexibility index (Phi) is 5.37. The lowest BCUT2D eigenvalue weighted by Crippen LogP contribution is -2.25. The molecule has 1 heterocycles. The molecule has 7 nitrogen and oxygen atoms in total. The summed E-state index contributed by atoms with van der Waals surface area (Å²) >= 11 is 0. The van der Waals surface area contributed by atoms with Gasteiger partial charge in [-0.05, 0) is 19.1 Å². The molecule has 0 saturated carbocycles. The molecule has 0 saturated heterocycles. The Morgan fingerprint density at radius 1 is 1.41 bits per heavy atom. The number of aromatic nitrogens is 2. The third kappa shape index (κ3) is 3.98. The number of benzene rings is 1. The van der Waals surface area contributed by atoms with Crippen LogP contribution < -0.4 is 10.5 Å². The summed E-state index contributed by atoms with van der Waals surface area (Å²) in [7, 11) is 0. The number of hydrogen-bond acceptors (Lipinski definition) is 6. The number of para-hydroxylation sites is 1. The molecule has 1 aromatic carbocycles. The van der Waals surface area contributed by atoms with E-state index in [-0.39, 0.29) is 31.1 Å². The van der Waals surface area contributed by atoms with Crippen LogP contribution in [0.25, 0.3) is 0 Å². The van der Waals surface area contributed by atoms with Gasteiger partial charge in [0.25, 0.3) is 0 Å². The van der Waals surface area contributed by atoms with Gasteiger partial charge < -0.3 is 20.3 Å². The number of esters is 1. The van der Waals surface area contributed by atoms with Gasteiger partial charge in [-0.15, -0.1) is 0 Å². The number of carbonyl (C=O) groups excluding carboxylic acids is 1. The highest BCUT2D eigenvalue weighted by Gasteiger charge is 2.18. The molecule has 0 aliphatic rings. The summed E-state index contributed by atoms with van der Waals surface area (Å²) < 4.78 is 11.7. The fraction of sp³-hybridized carbons (Fsp3) is 0.333. The van der Waals surface area contributed by atoms with Gasteiger partial charge in [-0.2, -0.15) is 5.10 Å². The molecule has 0 bridgehead atoms. The third-order valence-electron chi connectivity index (χ3n) is 2.94. The maximum absolute atomic E-state index is 11.6. The first-order valence-corrected chi connectivity index (χ1v) is 6.96. The molecule has 0 radical (unpaired) electrons. The molecule has 0 aliphatic carbocycles. The predicted molar refractivity (Wildman–Crippen MR) is 80.5 cm³/mol. The van der Waals surface area contributed by atoms with Gasteiger partial charge >= 0.3 is 5.97 Å². The van der Waals surface area contributed by atoms with Gasteiger partial charge in [0.2, 0.25) is 0 Å². The predicted octanol–water partition coefficient (Wildman–Crippen LogP) is 1.08. The molecular weight excluding hydrogens is 286 g/mol. The van der Waals surface area contributed by atoms with Crippen LogP contribution in [-0.2, 0) is 11.3 Å². The molecule has 1 aromatic heterocycles. The van der Waals surface area contributed by atoms with Crippen LogP contribution in [0.2, 0.25) is 0 Å². The summed E-state index contributed by atoms with van der Waals surface area (Å²) in [5.41, 5.74) is 6.03. The fourth-order valence-corrected chi connectivity index (χ4v) is 1.87. The van der Waals surface area contributed by atoms with Crippen molar-refractivity contribution in [3.63, 3.8) is 0 Å². The van der Waals surface area contributed by atoms with Gasteiger partial charge in [-0.25, -0.2) is 9.48 Å². The molecule has 1 unspecified atom stereocenters. The van der Waals surface area contributed by atoms with Crippen molar-refractivity contribution in [1.82, 2.24) is 9.78 Å². The van der Waals surface area contributed by atoms with E-state index in [9.17, 15) is 9.90 Å². The molecular formula is C15H19N3O4. The van der Waals surface area contributed by atoms with Gasteiger partial charge in [0.05, 0.1) is 19.3 Å². The summed E-state index contributed by atoms with van der Waals surface area (Å²) in [6.45, 7) is 2.19. The van der Waals surface area contributed by atoms with Crippen LogP contribution >= 0.6 is 0 Å². The average Bonchev–Trinajstić information content (AvgIpc) is 2.88. The Morgan fingerprint density at radius 2 is 2.14 bits per heavy atom. The van der Waals surface area contributed by atoms with Crippen LogP contribution in [0.1, 0.15) is 17.3 Å². The number of carbonyl (C=O) groups is 1. The van der Waals surface area contributed by atoms with E-state index in [1.807, 2.05) is 18.2 Å². The van der Waals surface area contributed by atoms with Crippen LogP contribution in [-0.4, -0.2) is 40.2 Å². The zero-order chi connectivity index (χ0) is 15.9. The van der Waals surface area contributed by atoms with Crippen molar-refractivity contribution in [2.45, 2.75) is 19.6 Å². The number of aliphatic hydroxyl groups excluding tert-OH is 1. The number of anilines is 1. The SMILES string of the molecule is CCOC(=O)c1cnn(CC(O)COc2ccccc2)c1N. The van der Waals surface area contributed by atoms with Gasteiger partial charge in [0.15, 0.2) is 0 Å². The lowest BCUT2D eigenvalue weighted by atomic mass is 10.3. The standard InChI is InChI=1S/C15H19N3O4/c1-2-21-15(20)13-8-17-18(14(13)16)9-11(19)10-22-12-6-4-3-5-7-12/h3-8,11,19H,2,9-10,16H2,1H3. The Labute approximate surface area is 128 Å². The smallest absolute Gasteiger partial charge is 0.343 e. The number of nitrogens with two attached hydrogens (primary N) is 1. The molecule has 2 rings (SSSR count). The second-order valence-corrected chi connectivity index (χ2v) is 4.62. The van der Waals surface area contributed by atoms with Crippen molar-refractivity contribution in [1.29, 1.82) is 0 Å². The van der Waals surface area contributed by atoms with Crippen molar-refractivity contribution >= 4 is 11.8 Å². The highest BCUT2D eigenvalue weighted by molar-refractivity contribution is 5.93. The molecule has 3 N–H and O–H groups in total. The lowest BCUT2D eigenvalue weighted by Gasteiger charge is -2.13. The van der Waals surface area contributed by atoms with Crippen molar-refractivity contribution in [2.75, 3.05) is 18.9 Å². The van der Waals surface area contributed by atoms with E-state index in [2.05, 4.69) is 5.10 Å². The van der Waals surface area contributed by atoms with E-state index < -0.39 is 12.1 Å². The maximum Gasteiger partial charge on any atom is 0.343 e. The zero-order valence-corrected chi connectivity index (χ0v) is 12.3. The van der Waals surface area contributed by atoms with Crippen LogP contribution in [0.5, 0.6) is 5.75 Å². The van der Waals surface area contributed by atoms with E-state index in [1.165, 1.54) is 10.9 Å². The van der Waals surface area contributed by atoms with Crippen LogP contribution in [0.4, 0.5) is 5.82 Å². The minimum Gasteiger partial charge on any atom is -0.491 e. The Hall–Kier alpha value is -2.54.